The lowest BCUT2D eigenvalue weighted by Gasteiger charge is -2.30. The molecule has 0 unspecified atom stereocenters. The molecular weight excluding hydrogens is 388 g/mol. The molecule has 0 aliphatic rings. The van der Waals surface area contributed by atoms with Gasteiger partial charge >= 0.3 is 0 Å². The fraction of sp³-hybridized carbons (Fsp3) is 0.308. The van der Waals surface area contributed by atoms with Gasteiger partial charge in [0.15, 0.2) is 0 Å². The topological polar surface area (TPSA) is 58.6 Å². The lowest BCUT2D eigenvalue weighted by molar-refractivity contribution is -0.141. The van der Waals surface area contributed by atoms with Crippen molar-refractivity contribution in [1.29, 1.82) is 0 Å². The third kappa shape index (κ3) is 5.43. The number of amides is 2. The number of rotatable bonds is 9. The third-order valence-electron chi connectivity index (χ3n) is 5.63. The van der Waals surface area contributed by atoms with Crippen LogP contribution in [0.5, 0.6) is 5.75 Å². The van der Waals surface area contributed by atoms with Crippen molar-refractivity contribution in [2.24, 2.45) is 0 Å². The van der Waals surface area contributed by atoms with Gasteiger partial charge in [-0.15, -0.1) is 0 Å². The summed E-state index contributed by atoms with van der Waals surface area (Å²) in [6.07, 6.45) is 1.52. The number of hydrogen-bond acceptors (Lipinski definition) is 3. The fourth-order valence-electron chi connectivity index (χ4n) is 3.91. The van der Waals surface area contributed by atoms with Gasteiger partial charge in [-0.25, -0.2) is 0 Å². The van der Waals surface area contributed by atoms with Crippen molar-refractivity contribution >= 4 is 22.6 Å². The minimum absolute atomic E-state index is 0.0285. The Morgan fingerprint density at radius 1 is 1.00 bits per heavy atom. The number of fused-ring (bicyclic) bond motifs is 1. The second-order valence-corrected chi connectivity index (χ2v) is 7.55. The Bertz CT molecular complexity index is 1030. The van der Waals surface area contributed by atoms with Gasteiger partial charge in [0.05, 0.1) is 7.11 Å². The van der Waals surface area contributed by atoms with Gasteiger partial charge in [0, 0.05) is 20.0 Å². The number of ether oxygens (including phenoxy) is 1. The van der Waals surface area contributed by atoms with Crippen LogP contribution in [0.3, 0.4) is 0 Å². The molecule has 3 aromatic carbocycles. The zero-order valence-corrected chi connectivity index (χ0v) is 18.4. The molecule has 3 aromatic rings. The molecule has 1 atom stereocenters. The average molecular weight is 419 g/mol. The number of nitrogens with zero attached hydrogens (tertiary/aromatic N) is 1. The maximum atomic E-state index is 13.3. The Morgan fingerprint density at radius 3 is 2.39 bits per heavy atom. The molecule has 0 fully saturated rings. The second-order valence-electron chi connectivity index (χ2n) is 7.55. The number of aryl methyl sites for hydroxylation is 1. The Labute approximate surface area is 184 Å². The van der Waals surface area contributed by atoms with E-state index in [0.29, 0.717) is 25.8 Å². The molecule has 0 bridgehead atoms. The largest absolute Gasteiger partial charge is 0.497 e. The van der Waals surface area contributed by atoms with Crippen molar-refractivity contribution in [3.8, 4) is 5.75 Å². The molecule has 5 nitrogen and oxygen atoms in total. The summed E-state index contributed by atoms with van der Waals surface area (Å²) in [7, 11) is 3.23. The first-order valence-corrected chi connectivity index (χ1v) is 10.7. The highest BCUT2D eigenvalue weighted by Crippen LogP contribution is 2.21. The molecule has 0 aromatic heterocycles. The number of likely N-dealkylation sites (N-methyl/N-ethyl adjacent to an activating group) is 1. The molecule has 1 N–H and O–H groups in total. The monoisotopic (exact) mass is 418 g/mol. The Morgan fingerprint density at radius 2 is 1.71 bits per heavy atom. The quantitative estimate of drug-likeness (QED) is 0.563. The molecular formula is C26H30N2O3. The number of nitrogens with one attached hydrogen (secondary N) is 1. The minimum Gasteiger partial charge on any atom is -0.497 e. The summed E-state index contributed by atoms with van der Waals surface area (Å²) in [5.74, 6) is 0.588. The lowest BCUT2D eigenvalue weighted by atomic mass is 10.00. The number of carbonyl (C=O) groups is 2. The smallest absolute Gasteiger partial charge is 0.242 e. The SMILES string of the molecule is CC[C@H](C(=O)NC)N(Cc1ccc(OC)cc1)C(=O)CCc1cccc2ccccc12. The van der Waals surface area contributed by atoms with Gasteiger partial charge in [0.1, 0.15) is 11.8 Å². The first-order valence-electron chi connectivity index (χ1n) is 10.7. The van der Waals surface area contributed by atoms with Gasteiger partial charge in [-0.05, 0) is 46.9 Å². The number of benzene rings is 3. The van der Waals surface area contributed by atoms with E-state index in [1.807, 2.05) is 49.4 Å². The molecule has 0 spiro atoms. The van der Waals surface area contributed by atoms with E-state index in [0.717, 1.165) is 22.3 Å². The van der Waals surface area contributed by atoms with E-state index < -0.39 is 6.04 Å². The van der Waals surface area contributed by atoms with E-state index >= 15 is 0 Å². The Balaban J connectivity index is 1.81. The van der Waals surface area contributed by atoms with Gasteiger partial charge in [0.25, 0.3) is 0 Å². The lowest BCUT2D eigenvalue weighted by Crippen LogP contribution is -2.48. The van der Waals surface area contributed by atoms with Crippen LogP contribution in [0.25, 0.3) is 10.8 Å². The van der Waals surface area contributed by atoms with E-state index in [2.05, 4.69) is 29.6 Å². The maximum Gasteiger partial charge on any atom is 0.242 e. The van der Waals surface area contributed by atoms with Crippen molar-refractivity contribution in [3.63, 3.8) is 0 Å². The summed E-state index contributed by atoms with van der Waals surface area (Å²) < 4.78 is 5.22. The molecule has 0 saturated carbocycles. The summed E-state index contributed by atoms with van der Waals surface area (Å²) in [6, 6.07) is 21.5. The summed E-state index contributed by atoms with van der Waals surface area (Å²) >= 11 is 0. The van der Waals surface area contributed by atoms with Gasteiger partial charge in [-0.3, -0.25) is 9.59 Å². The van der Waals surface area contributed by atoms with Crippen molar-refractivity contribution in [2.45, 2.75) is 38.8 Å². The first-order chi connectivity index (χ1) is 15.1. The average Bonchev–Trinajstić information content (AvgIpc) is 2.82. The molecule has 0 heterocycles. The van der Waals surface area contributed by atoms with Crippen molar-refractivity contribution in [2.75, 3.05) is 14.2 Å². The van der Waals surface area contributed by atoms with Crippen molar-refractivity contribution < 1.29 is 14.3 Å². The maximum absolute atomic E-state index is 13.3. The van der Waals surface area contributed by atoms with Gasteiger partial charge in [-0.2, -0.15) is 0 Å². The molecule has 31 heavy (non-hydrogen) atoms. The van der Waals surface area contributed by atoms with Crippen molar-refractivity contribution in [3.05, 3.63) is 77.9 Å². The normalized spacial score (nSPS) is 11.7. The first kappa shape index (κ1) is 22.3. The molecule has 5 heteroatoms. The molecule has 0 aliphatic heterocycles. The van der Waals surface area contributed by atoms with Gasteiger partial charge in [-0.1, -0.05) is 61.5 Å². The highest BCUT2D eigenvalue weighted by molar-refractivity contribution is 5.89. The van der Waals surface area contributed by atoms with Crippen LogP contribution in [0.15, 0.2) is 66.7 Å². The summed E-state index contributed by atoms with van der Waals surface area (Å²) in [6.45, 7) is 2.31. The Hall–Kier alpha value is -3.34. The molecule has 0 radical (unpaired) electrons. The van der Waals surface area contributed by atoms with Gasteiger partial charge in [0.2, 0.25) is 11.8 Å². The van der Waals surface area contributed by atoms with Crippen LogP contribution in [-0.2, 0) is 22.6 Å². The highest BCUT2D eigenvalue weighted by atomic mass is 16.5. The van der Waals surface area contributed by atoms with Crippen LogP contribution in [0.4, 0.5) is 0 Å². The van der Waals surface area contributed by atoms with E-state index in [9.17, 15) is 9.59 Å². The molecule has 0 aliphatic carbocycles. The van der Waals surface area contributed by atoms with Crippen LogP contribution < -0.4 is 10.1 Å². The third-order valence-corrected chi connectivity index (χ3v) is 5.63. The standard InChI is InChI=1S/C26H30N2O3/c1-4-24(26(30)27-2)28(18-19-12-15-22(31-3)16-13-19)25(29)17-14-21-10-7-9-20-8-5-6-11-23(20)21/h5-13,15-16,24H,4,14,17-18H2,1-3H3,(H,27,30)/t24-/m1/s1. The van der Waals surface area contributed by atoms with Crippen LogP contribution in [0.2, 0.25) is 0 Å². The van der Waals surface area contributed by atoms with E-state index in [1.54, 1.807) is 19.1 Å². The van der Waals surface area contributed by atoms with Crippen molar-refractivity contribution in [1.82, 2.24) is 10.2 Å². The van der Waals surface area contributed by atoms with E-state index in [-0.39, 0.29) is 11.8 Å². The predicted molar refractivity (Wildman–Crippen MR) is 124 cm³/mol. The van der Waals surface area contributed by atoms with Crippen LogP contribution in [0.1, 0.15) is 30.9 Å². The summed E-state index contributed by atoms with van der Waals surface area (Å²) in [5.41, 5.74) is 2.10. The second kappa shape index (κ2) is 10.6. The minimum atomic E-state index is -0.507. The molecule has 2 amide bonds. The van der Waals surface area contributed by atoms with Crippen LogP contribution in [0, 0.1) is 0 Å². The fourth-order valence-corrected chi connectivity index (χ4v) is 3.91. The molecule has 0 saturated heterocycles. The predicted octanol–water partition coefficient (Wildman–Crippen LogP) is 4.33. The highest BCUT2D eigenvalue weighted by Gasteiger charge is 2.27. The summed E-state index contributed by atoms with van der Waals surface area (Å²) in [4.78, 5) is 27.5. The number of carbonyl (C=O) groups excluding carboxylic acids is 2. The molecule has 3 rings (SSSR count). The van der Waals surface area contributed by atoms with Gasteiger partial charge < -0.3 is 15.0 Å². The van der Waals surface area contributed by atoms with E-state index in [1.165, 1.54) is 5.39 Å². The number of hydrogen-bond donors (Lipinski definition) is 1. The van der Waals surface area contributed by atoms with E-state index in [4.69, 9.17) is 4.74 Å². The number of methoxy groups -OCH3 is 1. The van der Waals surface area contributed by atoms with Crippen LogP contribution in [-0.4, -0.2) is 36.9 Å². The zero-order valence-electron chi connectivity index (χ0n) is 18.4. The van der Waals surface area contributed by atoms with Crippen LogP contribution >= 0.6 is 0 Å². The summed E-state index contributed by atoms with van der Waals surface area (Å²) in [5, 5.41) is 5.03. The Kier molecular flexibility index (Phi) is 7.65. The molecule has 162 valence electrons. The zero-order chi connectivity index (χ0) is 22.2.